The van der Waals surface area contributed by atoms with Gasteiger partial charge in [-0.1, -0.05) is 6.58 Å². The summed E-state index contributed by atoms with van der Waals surface area (Å²) in [4.78, 5) is 26.8. The molecule has 8 nitrogen and oxygen atoms in total. The lowest BCUT2D eigenvalue weighted by Gasteiger charge is -2.30. The number of hydrogen-bond acceptors (Lipinski definition) is 6. The van der Waals surface area contributed by atoms with Crippen LogP contribution in [0.5, 0.6) is 0 Å². The molecule has 8 heteroatoms. The van der Waals surface area contributed by atoms with Gasteiger partial charge < -0.3 is 15.0 Å². The van der Waals surface area contributed by atoms with Crippen LogP contribution < -0.4 is 15.6 Å². The van der Waals surface area contributed by atoms with E-state index in [9.17, 15) is 9.59 Å². The molecule has 27 heavy (non-hydrogen) atoms. The first-order valence-corrected chi connectivity index (χ1v) is 8.61. The first-order chi connectivity index (χ1) is 13.0. The second-order valence-electron chi connectivity index (χ2n) is 6.29. The molecule has 0 saturated carbocycles. The normalized spacial score (nSPS) is 17.5. The van der Waals surface area contributed by atoms with Crippen LogP contribution in [0.1, 0.15) is 6.92 Å². The molecule has 3 rings (SSSR count). The Kier molecular flexibility index (Phi) is 5.43. The van der Waals surface area contributed by atoms with Gasteiger partial charge in [0.2, 0.25) is 5.91 Å². The van der Waals surface area contributed by atoms with E-state index in [2.05, 4.69) is 22.2 Å². The third-order valence-corrected chi connectivity index (χ3v) is 4.50. The van der Waals surface area contributed by atoms with E-state index in [1.807, 2.05) is 30.3 Å². The standard InChI is InChI=1S/C19H21N5O3/c1-13-14(2)22-24(19(26)17(13)11-20)12-18(25)21-15-3-5-16(6-4-15)23-7-9-27-10-8-23/h3-6,22H,2,7-10,12H2,1H3,(H,21,25). The number of carbonyl (C=O) groups excluding carboxylic acids is 2. The van der Waals surface area contributed by atoms with Crippen LogP contribution in [0.2, 0.25) is 0 Å². The molecule has 2 amide bonds. The topological polar surface area (TPSA) is 97.7 Å². The minimum atomic E-state index is -0.541. The van der Waals surface area contributed by atoms with Crippen LogP contribution in [0.3, 0.4) is 0 Å². The van der Waals surface area contributed by atoms with Gasteiger partial charge in [0.25, 0.3) is 5.91 Å². The largest absolute Gasteiger partial charge is 0.378 e. The smallest absolute Gasteiger partial charge is 0.283 e. The maximum Gasteiger partial charge on any atom is 0.283 e. The van der Waals surface area contributed by atoms with Crippen LogP contribution in [0.4, 0.5) is 11.4 Å². The number of allylic oxidation sites excluding steroid dienone is 1. The van der Waals surface area contributed by atoms with E-state index in [1.165, 1.54) is 0 Å². The summed E-state index contributed by atoms with van der Waals surface area (Å²) >= 11 is 0. The van der Waals surface area contributed by atoms with Gasteiger partial charge in [-0.3, -0.25) is 15.0 Å². The first-order valence-electron chi connectivity index (χ1n) is 8.61. The summed E-state index contributed by atoms with van der Waals surface area (Å²) in [5, 5.41) is 13.0. The lowest BCUT2D eigenvalue weighted by molar-refractivity contribution is -0.134. The molecule has 0 radical (unpaired) electrons. The zero-order valence-corrected chi connectivity index (χ0v) is 15.1. The van der Waals surface area contributed by atoms with Crippen LogP contribution >= 0.6 is 0 Å². The Morgan fingerprint density at radius 1 is 1.33 bits per heavy atom. The number of morpholine rings is 1. The number of carbonyl (C=O) groups is 2. The first kappa shape index (κ1) is 18.5. The SMILES string of the molecule is C=C1NN(CC(=O)Nc2ccc(N3CCOCC3)cc2)C(=O)C(C#N)=C1C. The zero-order valence-electron chi connectivity index (χ0n) is 15.1. The lowest BCUT2D eigenvalue weighted by Crippen LogP contribution is -2.50. The number of nitrogens with one attached hydrogen (secondary N) is 2. The molecule has 0 atom stereocenters. The van der Waals surface area contributed by atoms with Gasteiger partial charge in [0.15, 0.2) is 0 Å². The van der Waals surface area contributed by atoms with E-state index in [0.29, 0.717) is 30.2 Å². The van der Waals surface area contributed by atoms with Gasteiger partial charge in [-0.2, -0.15) is 5.26 Å². The van der Waals surface area contributed by atoms with Crippen LogP contribution in [0.25, 0.3) is 0 Å². The van der Waals surface area contributed by atoms with Crippen molar-refractivity contribution in [3.8, 4) is 6.07 Å². The molecule has 2 aliphatic heterocycles. The molecule has 1 aromatic rings. The van der Waals surface area contributed by atoms with Crippen molar-refractivity contribution in [1.29, 1.82) is 5.26 Å². The second kappa shape index (κ2) is 7.93. The second-order valence-corrected chi connectivity index (χ2v) is 6.29. The van der Waals surface area contributed by atoms with E-state index in [-0.39, 0.29) is 18.0 Å². The molecule has 1 saturated heterocycles. The van der Waals surface area contributed by atoms with Crippen LogP contribution in [-0.4, -0.2) is 49.7 Å². The summed E-state index contributed by atoms with van der Waals surface area (Å²) in [5.41, 5.74) is 5.35. The van der Waals surface area contributed by atoms with E-state index in [4.69, 9.17) is 10.00 Å². The summed E-state index contributed by atoms with van der Waals surface area (Å²) in [7, 11) is 0. The molecule has 0 aromatic heterocycles. The van der Waals surface area contributed by atoms with Crippen molar-refractivity contribution in [2.75, 3.05) is 43.1 Å². The fraction of sp³-hybridized carbons (Fsp3) is 0.316. The van der Waals surface area contributed by atoms with Gasteiger partial charge in [-0.05, 0) is 36.8 Å². The molecular formula is C19H21N5O3. The van der Waals surface area contributed by atoms with Gasteiger partial charge in [-0.25, -0.2) is 5.01 Å². The minimum Gasteiger partial charge on any atom is -0.378 e. The summed E-state index contributed by atoms with van der Waals surface area (Å²) in [6.07, 6.45) is 0. The van der Waals surface area contributed by atoms with E-state index in [0.717, 1.165) is 23.8 Å². The summed E-state index contributed by atoms with van der Waals surface area (Å²) in [5.74, 6) is -0.917. The molecule has 0 spiro atoms. The van der Waals surface area contributed by atoms with Crippen molar-refractivity contribution in [2.24, 2.45) is 0 Å². The van der Waals surface area contributed by atoms with E-state index >= 15 is 0 Å². The summed E-state index contributed by atoms with van der Waals surface area (Å²) in [6.45, 7) is 8.26. The number of anilines is 2. The Balaban J connectivity index is 1.60. The van der Waals surface area contributed by atoms with Crippen LogP contribution in [0.15, 0.2) is 47.7 Å². The molecule has 1 fully saturated rings. The molecule has 2 N–H and O–H groups in total. The molecule has 1 aromatic carbocycles. The Morgan fingerprint density at radius 3 is 2.63 bits per heavy atom. The molecule has 0 unspecified atom stereocenters. The van der Waals surface area contributed by atoms with Gasteiger partial charge in [0.1, 0.15) is 18.2 Å². The fourth-order valence-electron chi connectivity index (χ4n) is 2.91. The highest BCUT2D eigenvalue weighted by molar-refractivity contribution is 6.02. The van der Waals surface area contributed by atoms with E-state index in [1.54, 1.807) is 6.92 Å². The average molecular weight is 367 g/mol. The molecule has 2 heterocycles. The maximum atomic E-state index is 12.3. The number of hydrogen-bond donors (Lipinski definition) is 2. The highest BCUT2D eigenvalue weighted by atomic mass is 16.5. The molecular weight excluding hydrogens is 346 g/mol. The molecule has 0 bridgehead atoms. The predicted molar refractivity (Wildman–Crippen MR) is 100 cm³/mol. The van der Waals surface area contributed by atoms with Crippen LogP contribution in [0, 0.1) is 11.3 Å². The third-order valence-electron chi connectivity index (χ3n) is 4.50. The van der Waals surface area contributed by atoms with E-state index < -0.39 is 5.91 Å². The molecule has 2 aliphatic rings. The monoisotopic (exact) mass is 367 g/mol. The minimum absolute atomic E-state index is 0.0126. The molecule has 0 aliphatic carbocycles. The van der Waals surface area contributed by atoms with Crippen molar-refractivity contribution in [1.82, 2.24) is 10.4 Å². The Labute approximate surface area is 157 Å². The Bertz CT molecular complexity index is 832. The van der Waals surface area contributed by atoms with Gasteiger partial charge in [0.05, 0.1) is 18.9 Å². The van der Waals surface area contributed by atoms with Crippen LogP contribution in [-0.2, 0) is 14.3 Å². The highest BCUT2D eigenvalue weighted by Crippen LogP contribution is 2.20. The van der Waals surface area contributed by atoms with Gasteiger partial charge in [-0.15, -0.1) is 0 Å². The Hall–Kier alpha value is -3.31. The van der Waals surface area contributed by atoms with Crippen molar-refractivity contribution in [3.63, 3.8) is 0 Å². The number of amides is 2. The van der Waals surface area contributed by atoms with Gasteiger partial charge >= 0.3 is 0 Å². The summed E-state index contributed by atoms with van der Waals surface area (Å²) < 4.78 is 5.34. The fourth-order valence-corrected chi connectivity index (χ4v) is 2.91. The van der Waals surface area contributed by atoms with Crippen molar-refractivity contribution in [2.45, 2.75) is 6.92 Å². The average Bonchev–Trinajstić information content (AvgIpc) is 2.68. The zero-order chi connectivity index (χ0) is 19.4. The number of hydrazine groups is 1. The third kappa shape index (κ3) is 4.10. The maximum absolute atomic E-state index is 12.3. The number of ether oxygens (including phenoxy) is 1. The predicted octanol–water partition coefficient (Wildman–Crippen LogP) is 1.16. The van der Waals surface area contributed by atoms with Crippen molar-refractivity contribution < 1.29 is 14.3 Å². The highest BCUT2D eigenvalue weighted by Gasteiger charge is 2.28. The van der Waals surface area contributed by atoms with Crippen molar-refractivity contribution in [3.05, 3.63) is 47.7 Å². The molecule has 140 valence electrons. The number of benzene rings is 1. The number of nitriles is 1. The number of rotatable bonds is 4. The summed E-state index contributed by atoms with van der Waals surface area (Å²) in [6, 6.07) is 9.38. The van der Waals surface area contributed by atoms with Crippen molar-refractivity contribution >= 4 is 23.2 Å². The van der Waals surface area contributed by atoms with Gasteiger partial charge in [0, 0.05) is 24.5 Å². The lowest BCUT2D eigenvalue weighted by atomic mass is 10.1. The number of nitrogens with zero attached hydrogens (tertiary/aromatic N) is 3. The quantitative estimate of drug-likeness (QED) is 0.829. The Morgan fingerprint density at radius 2 is 2.00 bits per heavy atom.